The summed E-state index contributed by atoms with van der Waals surface area (Å²) in [5.41, 5.74) is 5.43. The minimum atomic E-state index is -0.123. The first kappa shape index (κ1) is 19.6. The van der Waals surface area contributed by atoms with Crippen LogP contribution in [0.4, 0.5) is 0 Å². The molecule has 0 atom stereocenters. The zero-order valence-corrected chi connectivity index (χ0v) is 17.3. The van der Waals surface area contributed by atoms with Crippen molar-refractivity contribution in [2.24, 2.45) is 0 Å². The molecule has 0 saturated carbocycles. The third-order valence-electron chi connectivity index (χ3n) is 5.22. The van der Waals surface area contributed by atoms with E-state index in [1.54, 1.807) is 17.1 Å². The Bertz CT molecular complexity index is 1160. The molecule has 0 aliphatic carbocycles. The van der Waals surface area contributed by atoms with Gasteiger partial charge in [0.25, 0.3) is 5.91 Å². The van der Waals surface area contributed by atoms with E-state index in [1.165, 1.54) is 0 Å². The summed E-state index contributed by atoms with van der Waals surface area (Å²) in [6.45, 7) is 6.43. The number of benzene rings is 1. The number of nitrogens with one attached hydrogen (secondary N) is 1. The van der Waals surface area contributed by atoms with Crippen LogP contribution in [0.2, 0.25) is 0 Å². The number of rotatable bonds is 6. The molecule has 4 rings (SSSR count). The highest BCUT2D eigenvalue weighted by atomic mass is 16.1. The lowest BCUT2D eigenvalue weighted by atomic mass is 10.1. The highest BCUT2D eigenvalue weighted by molar-refractivity contribution is 5.95. The van der Waals surface area contributed by atoms with Crippen molar-refractivity contribution in [3.63, 3.8) is 0 Å². The van der Waals surface area contributed by atoms with E-state index in [0.29, 0.717) is 18.5 Å². The molecule has 7 nitrogen and oxygen atoms in total. The van der Waals surface area contributed by atoms with Crippen LogP contribution < -0.4 is 5.32 Å². The number of carbonyl (C=O) groups is 1. The molecule has 1 N–H and O–H groups in total. The molecule has 0 spiro atoms. The average Bonchev–Trinajstić information content (AvgIpc) is 3.29. The zero-order chi connectivity index (χ0) is 21.1. The molecular weight excluding hydrogens is 376 g/mol. The summed E-state index contributed by atoms with van der Waals surface area (Å²) in [4.78, 5) is 17.1. The number of aromatic nitrogens is 5. The third kappa shape index (κ3) is 3.74. The molecular formula is C23H24N6O. The smallest absolute Gasteiger partial charge is 0.254 e. The molecule has 0 radical (unpaired) electrons. The van der Waals surface area contributed by atoms with Crippen LogP contribution in [0, 0.1) is 20.8 Å². The zero-order valence-electron chi connectivity index (χ0n) is 17.3. The first-order valence-electron chi connectivity index (χ1n) is 9.91. The second kappa shape index (κ2) is 8.32. The maximum absolute atomic E-state index is 12.7. The maximum Gasteiger partial charge on any atom is 0.254 e. The van der Waals surface area contributed by atoms with Crippen molar-refractivity contribution >= 4 is 5.91 Å². The second-order valence-electron chi connectivity index (χ2n) is 7.15. The molecule has 0 fully saturated rings. The number of carbonyl (C=O) groups excluding carboxylic acids is 1. The molecule has 0 unspecified atom stereocenters. The minimum absolute atomic E-state index is 0.123. The van der Waals surface area contributed by atoms with Crippen LogP contribution in [0.3, 0.4) is 0 Å². The second-order valence-corrected chi connectivity index (χ2v) is 7.15. The van der Waals surface area contributed by atoms with Crippen LogP contribution in [0.5, 0.6) is 0 Å². The van der Waals surface area contributed by atoms with E-state index in [4.69, 9.17) is 0 Å². The highest BCUT2D eigenvalue weighted by Crippen LogP contribution is 2.17. The first-order valence-corrected chi connectivity index (χ1v) is 9.91. The van der Waals surface area contributed by atoms with Crippen molar-refractivity contribution in [3.05, 3.63) is 89.1 Å². The molecule has 0 saturated heterocycles. The number of para-hydroxylation sites is 1. The van der Waals surface area contributed by atoms with Crippen LogP contribution >= 0.6 is 0 Å². The van der Waals surface area contributed by atoms with Gasteiger partial charge in [-0.3, -0.25) is 4.79 Å². The summed E-state index contributed by atoms with van der Waals surface area (Å²) in [5.74, 6) is 0.666. The monoisotopic (exact) mass is 400 g/mol. The fourth-order valence-corrected chi connectivity index (χ4v) is 3.60. The molecule has 3 heterocycles. The molecule has 30 heavy (non-hydrogen) atoms. The lowest BCUT2D eigenvalue weighted by molar-refractivity contribution is 0.0953. The van der Waals surface area contributed by atoms with Gasteiger partial charge >= 0.3 is 0 Å². The van der Waals surface area contributed by atoms with E-state index in [-0.39, 0.29) is 5.91 Å². The van der Waals surface area contributed by atoms with Crippen LogP contribution in [0.25, 0.3) is 11.5 Å². The number of aryl methyl sites for hydroxylation is 1. The summed E-state index contributed by atoms with van der Waals surface area (Å²) in [6.07, 6.45) is 4.07. The largest absolute Gasteiger partial charge is 0.352 e. The quantitative estimate of drug-likeness (QED) is 0.538. The van der Waals surface area contributed by atoms with Crippen LogP contribution in [0.1, 0.15) is 33.0 Å². The number of amides is 1. The number of hydrogen-bond donors (Lipinski definition) is 1. The van der Waals surface area contributed by atoms with E-state index in [9.17, 15) is 4.79 Å². The Morgan fingerprint density at radius 2 is 1.73 bits per heavy atom. The summed E-state index contributed by atoms with van der Waals surface area (Å²) in [6, 6.07) is 15.5. The molecule has 4 aromatic rings. The Labute approximate surface area is 175 Å². The minimum Gasteiger partial charge on any atom is -0.352 e. The van der Waals surface area contributed by atoms with Gasteiger partial charge in [-0.15, -0.1) is 0 Å². The maximum atomic E-state index is 12.7. The summed E-state index contributed by atoms with van der Waals surface area (Å²) >= 11 is 0. The molecule has 1 amide bonds. The van der Waals surface area contributed by atoms with Gasteiger partial charge in [0, 0.05) is 18.4 Å². The van der Waals surface area contributed by atoms with Gasteiger partial charge in [0.1, 0.15) is 0 Å². The van der Waals surface area contributed by atoms with E-state index in [1.807, 2.05) is 74.0 Å². The highest BCUT2D eigenvalue weighted by Gasteiger charge is 2.16. The van der Waals surface area contributed by atoms with Crippen molar-refractivity contribution in [1.29, 1.82) is 0 Å². The van der Waals surface area contributed by atoms with Gasteiger partial charge in [0.2, 0.25) is 0 Å². The molecule has 0 aliphatic rings. The van der Waals surface area contributed by atoms with Gasteiger partial charge in [0.05, 0.1) is 28.8 Å². The Morgan fingerprint density at radius 3 is 2.47 bits per heavy atom. The van der Waals surface area contributed by atoms with Gasteiger partial charge in [-0.2, -0.15) is 10.2 Å². The molecule has 3 aromatic heterocycles. The molecule has 7 heteroatoms. The number of hydrogen-bond acceptors (Lipinski definition) is 4. The van der Waals surface area contributed by atoms with Gasteiger partial charge in [-0.25, -0.2) is 14.3 Å². The molecule has 152 valence electrons. The Hall–Kier alpha value is -3.74. The number of pyridine rings is 1. The van der Waals surface area contributed by atoms with Crippen LogP contribution in [-0.2, 0) is 6.42 Å². The van der Waals surface area contributed by atoms with E-state index in [0.717, 1.165) is 34.2 Å². The first-order chi connectivity index (χ1) is 14.6. The predicted octanol–water partition coefficient (Wildman–Crippen LogP) is 3.35. The Kier molecular flexibility index (Phi) is 5.43. The van der Waals surface area contributed by atoms with Crippen molar-refractivity contribution in [1.82, 2.24) is 29.9 Å². The van der Waals surface area contributed by atoms with Crippen LogP contribution in [0.15, 0.2) is 60.9 Å². The summed E-state index contributed by atoms with van der Waals surface area (Å²) < 4.78 is 3.63. The Balaban J connectivity index is 1.44. The fraction of sp³-hybridized carbons (Fsp3) is 0.217. The average molecular weight is 400 g/mol. The van der Waals surface area contributed by atoms with E-state index >= 15 is 0 Å². The normalized spacial score (nSPS) is 10.9. The SMILES string of the molecule is Cc1nn(-c2ccccn2)c(C)c1CCNC(=O)c1cnn(-c2ccccc2)c1C. The summed E-state index contributed by atoms with van der Waals surface area (Å²) in [5, 5.41) is 12.0. The number of nitrogens with zero attached hydrogens (tertiary/aromatic N) is 5. The molecule has 0 bridgehead atoms. The van der Waals surface area contributed by atoms with Crippen LogP contribution in [-0.4, -0.2) is 37.0 Å². The van der Waals surface area contributed by atoms with Crippen molar-refractivity contribution in [3.8, 4) is 11.5 Å². The molecule has 1 aromatic carbocycles. The predicted molar refractivity (Wildman–Crippen MR) is 115 cm³/mol. The standard InChI is InChI=1S/C23H24N6O/c1-16-20(17(2)29(27-16)22-11-7-8-13-24-22)12-14-25-23(30)21-15-26-28(18(21)3)19-9-5-4-6-10-19/h4-11,13,15H,12,14H2,1-3H3,(H,25,30). The van der Waals surface area contributed by atoms with Crippen molar-refractivity contribution in [2.45, 2.75) is 27.2 Å². The topological polar surface area (TPSA) is 77.6 Å². The lowest BCUT2D eigenvalue weighted by Crippen LogP contribution is -2.26. The van der Waals surface area contributed by atoms with Crippen molar-refractivity contribution in [2.75, 3.05) is 6.54 Å². The lowest BCUT2D eigenvalue weighted by Gasteiger charge is -2.07. The Morgan fingerprint density at radius 1 is 0.967 bits per heavy atom. The third-order valence-corrected chi connectivity index (χ3v) is 5.22. The van der Waals surface area contributed by atoms with Gasteiger partial charge in [-0.05, 0) is 57.0 Å². The van der Waals surface area contributed by atoms with Gasteiger partial charge in [0.15, 0.2) is 5.82 Å². The summed E-state index contributed by atoms with van der Waals surface area (Å²) in [7, 11) is 0. The molecule has 0 aliphatic heterocycles. The van der Waals surface area contributed by atoms with E-state index < -0.39 is 0 Å². The van der Waals surface area contributed by atoms with Gasteiger partial charge < -0.3 is 5.32 Å². The fourth-order valence-electron chi connectivity index (χ4n) is 3.60. The van der Waals surface area contributed by atoms with E-state index in [2.05, 4.69) is 20.5 Å². The van der Waals surface area contributed by atoms with Gasteiger partial charge in [-0.1, -0.05) is 24.3 Å². The van der Waals surface area contributed by atoms with Crippen molar-refractivity contribution < 1.29 is 4.79 Å².